The number of benzene rings is 1. The second kappa shape index (κ2) is 3.35. The van der Waals surface area contributed by atoms with Crippen molar-refractivity contribution in [2.75, 3.05) is 0 Å². The van der Waals surface area contributed by atoms with Crippen molar-refractivity contribution in [3.05, 3.63) is 22.2 Å². The summed E-state index contributed by atoms with van der Waals surface area (Å²) in [6, 6.07) is 3.16. The van der Waals surface area contributed by atoms with Crippen LogP contribution in [0.3, 0.4) is 0 Å². The molecule has 2 N–H and O–H groups in total. The van der Waals surface area contributed by atoms with E-state index in [1.165, 1.54) is 0 Å². The first-order valence-corrected chi connectivity index (χ1v) is 4.53. The van der Waals surface area contributed by atoms with Gasteiger partial charge in [0.1, 0.15) is 11.5 Å². The maximum Gasteiger partial charge on any atom is 0.123 e. The molecule has 66 valence electrons. The van der Waals surface area contributed by atoms with Crippen LogP contribution in [0.2, 0.25) is 0 Å². The molecule has 0 bridgehead atoms. The fraction of sp³-hybridized carbons (Fsp3) is 0.333. The zero-order valence-corrected chi connectivity index (χ0v) is 8.59. The Hall–Kier alpha value is -0.700. The van der Waals surface area contributed by atoms with Crippen LogP contribution in [0.15, 0.2) is 16.6 Å². The van der Waals surface area contributed by atoms with E-state index in [0.717, 1.165) is 0 Å². The highest BCUT2D eigenvalue weighted by Gasteiger charge is 2.11. The maximum absolute atomic E-state index is 9.45. The van der Waals surface area contributed by atoms with Crippen LogP contribution < -0.4 is 0 Å². The Morgan fingerprint density at radius 1 is 1.17 bits per heavy atom. The van der Waals surface area contributed by atoms with Crippen molar-refractivity contribution in [3.63, 3.8) is 0 Å². The predicted octanol–water partition coefficient (Wildman–Crippen LogP) is 2.98. The smallest absolute Gasteiger partial charge is 0.123 e. The summed E-state index contributed by atoms with van der Waals surface area (Å²) < 4.78 is 0.682. The first-order chi connectivity index (χ1) is 5.52. The topological polar surface area (TPSA) is 40.5 Å². The van der Waals surface area contributed by atoms with Crippen LogP contribution in [0, 0.1) is 0 Å². The summed E-state index contributed by atoms with van der Waals surface area (Å²) in [6.07, 6.45) is 0. The summed E-state index contributed by atoms with van der Waals surface area (Å²) in [7, 11) is 0. The lowest BCUT2D eigenvalue weighted by molar-refractivity contribution is 0.433. The third-order valence-electron chi connectivity index (χ3n) is 1.68. The van der Waals surface area contributed by atoms with Gasteiger partial charge >= 0.3 is 0 Å². The predicted molar refractivity (Wildman–Crippen MR) is 51.6 cm³/mol. The molecule has 0 aliphatic rings. The minimum Gasteiger partial charge on any atom is -0.507 e. The summed E-state index contributed by atoms with van der Waals surface area (Å²) in [6.45, 7) is 3.84. The van der Waals surface area contributed by atoms with Gasteiger partial charge in [-0.05, 0) is 18.1 Å². The fourth-order valence-electron chi connectivity index (χ4n) is 1.18. The van der Waals surface area contributed by atoms with Gasteiger partial charge in [-0.15, -0.1) is 0 Å². The number of rotatable bonds is 1. The van der Waals surface area contributed by atoms with Crippen LogP contribution in [-0.4, -0.2) is 10.2 Å². The van der Waals surface area contributed by atoms with Crippen LogP contribution in [0.5, 0.6) is 11.5 Å². The van der Waals surface area contributed by atoms with Gasteiger partial charge in [-0.1, -0.05) is 29.8 Å². The molecular weight excluding hydrogens is 220 g/mol. The number of hydrogen-bond donors (Lipinski definition) is 2. The van der Waals surface area contributed by atoms with Gasteiger partial charge in [0, 0.05) is 10.0 Å². The zero-order chi connectivity index (χ0) is 9.30. The second-order valence-corrected chi connectivity index (χ2v) is 3.93. The summed E-state index contributed by atoms with van der Waals surface area (Å²) in [5.41, 5.74) is 0.596. The van der Waals surface area contributed by atoms with E-state index in [0.29, 0.717) is 10.0 Å². The van der Waals surface area contributed by atoms with E-state index in [1.807, 2.05) is 13.8 Å². The Morgan fingerprint density at radius 3 is 1.92 bits per heavy atom. The molecule has 0 atom stereocenters. The van der Waals surface area contributed by atoms with Gasteiger partial charge < -0.3 is 10.2 Å². The molecule has 0 heterocycles. The molecular formula is C9H11BrO2. The SMILES string of the molecule is CC(C)c1c(O)cc(Br)cc1O. The third kappa shape index (κ3) is 1.72. The van der Waals surface area contributed by atoms with E-state index in [1.54, 1.807) is 12.1 Å². The molecule has 0 aromatic heterocycles. The van der Waals surface area contributed by atoms with Crippen LogP contribution >= 0.6 is 15.9 Å². The molecule has 1 aromatic carbocycles. The Kier molecular flexibility index (Phi) is 2.62. The third-order valence-corrected chi connectivity index (χ3v) is 2.14. The molecule has 1 aromatic rings. The van der Waals surface area contributed by atoms with E-state index in [2.05, 4.69) is 15.9 Å². The monoisotopic (exact) mass is 230 g/mol. The summed E-state index contributed by atoms with van der Waals surface area (Å²) >= 11 is 3.18. The molecule has 0 fully saturated rings. The van der Waals surface area contributed by atoms with Crippen LogP contribution in [0.1, 0.15) is 25.3 Å². The molecule has 12 heavy (non-hydrogen) atoms. The molecule has 1 rings (SSSR count). The second-order valence-electron chi connectivity index (χ2n) is 3.01. The summed E-state index contributed by atoms with van der Waals surface area (Å²) in [5, 5.41) is 18.9. The van der Waals surface area contributed by atoms with Gasteiger partial charge in [-0.25, -0.2) is 0 Å². The zero-order valence-electron chi connectivity index (χ0n) is 7.00. The van der Waals surface area contributed by atoms with Gasteiger partial charge in [0.2, 0.25) is 0 Å². The van der Waals surface area contributed by atoms with E-state index in [4.69, 9.17) is 0 Å². The van der Waals surface area contributed by atoms with Crippen molar-refractivity contribution in [3.8, 4) is 11.5 Å². The molecule has 0 saturated heterocycles. The minimum atomic E-state index is 0.123. The summed E-state index contributed by atoms with van der Waals surface area (Å²) in [4.78, 5) is 0. The first kappa shape index (κ1) is 9.39. The Balaban J connectivity index is 3.28. The highest BCUT2D eigenvalue weighted by atomic mass is 79.9. The van der Waals surface area contributed by atoms with E-state index in [9.17, 15) is 10.2 Å². The average molecular weight is 231 g/mol. The van der Waals surface area contributed by atoms with E-state index >= 15 is 0 Å². The van der Waals surface area contributed by atoms with Crippen molar-refractivity contribution < 1.29 is 10.2 Å². The fourth-order valence-corrected chi connectivity index (χ4v) is 1.61. The highest BCUT2D eigenvalue weighted by molar-refractivity contribution is 9.10. The van der Waals surface area contributed by atoms with Crippen molar-refractivity contribution >= 4 is 15.9 Å². The number of hydrogen-bond acceptors (Lipinski definition) is 2. The van der Waals surface area contributed by atoms with Crippen LogP contribution in [0.25, 0.3) is 0 Å². The molecule has 3 heteroatoms. The normalized spacial score (nSPS) is 10.7. The molecule has 0 spiro atoms. The molecule has 0 amide bonds. The largest absolute Gasteiger partial charge is 0.507 e. The Morgan fingerprint density at radius 2 is 1.58 bits per heavy atom. The number of halogens is 1. The maximum atomic E-state index is 9.45. The van der Waals surface area contributed by atoms with Crippen LogP contribution in [-0.2, 0) is 0 Å². The van der Waals surface area contributed by atoms with Crippen molar-refractivity contribution in [1.29, 1.82) is 0 Å². The van der Waals surface area contributed by atoms with Gasteiger partial charge in [-0.2, -0.15) is 0 Å². The average Bonchev–Trinajstić information content (AvgIpc) is 1.82. The summed E-state index contributed by atoms with van der Waals surface area (Å²) in [5.74, 6) is 0.395. The van der Waals surface area contributed by atoms with Gasteiger partial charge in [0.15, 0.2) is 0 Å². The van der Waals surface area contributed by atoms with Gasteiger partial charge in [-0.3, -0.25) is 0 Å². The standard InChI is InChI=1S/C9H11BrO2/c1-5(2)9-7(11)3-6(10)4-8(9)12/h3-5,11-12H,1-2H3. The van der Waals surface area contributed by atoms with Crippen molar-refractivity contribution in [1.82, 2.24) is 0 Å². The Labute approximate surface area is 80.0 Å². The minimum absolute atomic E-state index is 0.123. The van der Waals surface area contributed by atoms with Gasteiger partial charge in [0.05, 0.1) is 0 Å². The van der Waals surface area contributed by atoms with E-state index < -0.39 is 0 Å². The van der Waals surface area contributed by atoms with Crippen LogP contribution in [0.4, 0.5) is 0 Å². The molecule has 0 aliphatic heterocycles. The Bertz CT molecular complexity index is 272. The van der Waals surface area contributed by atoms with Gasteiger partial charge in [0.25, 0.3) is 0 Å². The molecule has 0 aliphatic carbocycles. The first-order valence-electron chi connectivity index (χ1n) is 3.73. The molecule has 0 unspecified atom stereocenters. The molecule has 2 nitrogen and oxygen atoms in total. The van der Waals surface area contributed by atoms with E-state index in [-0.39, 0.29) is 17.4 Å². The van der Waals surface area contributed by atoms with Crippen molar-refractivity contribution in [2.24, 2.45) is 0 Å². The number of phenolic OH excluding ortho intramolecular Hbond substituents is 2. The number of aromatic hydroxyl groups is 2. The quantitative estimate of drug-likeness (QED) is 0.779. The molecule has 0 saturated carbocycles. The molecule has 0 radical (unpaired) electrons. The lowest BCUT2D eigenvalue weighted by Gasteiger charge is -2.10. The lowest BCUT2D eigenvalue weighted by Crippen LogP contribution is -1.88. The number of phenols is 2. The highest BCUT2D eigenvalue weighted by Crippen LogP contribution is 2.36. The van der Waals surface area contributed by atoms with Crippen molar-refractivity contribution in [2.45, 2.75) is 19.8 Å². The lowest BCUT2D eigenvalue weighted by atomic mass is 10.0.